The molecule has 0 heterocycles. The second kappa shape index (κ2) is 6.23. The van der Waals surface area contributed by atoms with Gasteiger partial charge in [0.2, 0.25) is 0 Å². The van der Waals surface area contributed by atoms with Gasteiger partial charge in [0, 0.05) is 22.9 Å². The number of benzene rings is 1. The van der Waals surface area contributed by atoms with E-state index < -0.39 is 11.6 Å². The second-order valence-corrected chi connectivity index (χ2v) is 6.61. The summed E-state index contributed by atoms with van der Waals surface area (Å²) in [6.45, 7) is 2.74. The summed E-state index contributed by atoms with van der Waals surface area (Å²) in [5.41, 5.74) is 0.411. The average Bonchev–Trinajstić information content (AvgIpc) is 2.89. The first kappa shape index (κ1) is 14.8. The molecule has 19 heavy (non-hydrogen) atoms. The van der Waals surface area contributed by atoms with Gasteiger partial charge in [-0.25, -0.2) is 8.78 Å². The Morgan fingerprint density at radius 1 is 1.32 bits per heavy atom. The van der Waals surface area contributed by atoms with Crippen LogP contribution in [0, 0.1) is 11.6 Å². The molecular formula is C15H21F2NS. The van der Waals surface area contributed by atoms with E-state index in [1.807, 2.05) is 18.7 Å². The maximum absolute atomic E-state index is 13.7. The van der Waals surface area contributed by atoms with Crippen LogP contribution >= 0.6 is 11.8 Å². The predicted molar refractivity (Wildman–Crippen MR) is 77.5 cm³/mol. The number of hydrogen-bond donors (Lipinski definition) is 1. The first-order valence-electron chi connectivity index (χ1n) is 6.80. The Morgan fingerprint density at radius 2 is 2.00 bits per heavy atom. The lowest BCUT2D eigenvalue weighted by molar-refractivity contribution is 0.451. The molecule has 106 valence electrons. The lowest BCUT2D eigenvalue weighted by Gasteiger charge is -2.29. The molecule has 0 aliphatic heterocycles. The van der Waals surface area contributed by atoms with Gasteiger partial charge in [-0.05, 0) is 32.1 Å². The van der Waals surface area contributed by atoms with Crippen molar-refractivity contribution in [2.24, 2.45) is 0 Å². The molecule has 1 aliphatic rings. The zero-order chi connectivity index (χ0) is 13.9. The molecule has 0 saturated heterocycles. The minimum absolute atomic E-state index is 0.166. The molecular weight excluding hydrogens is 264 g/mol. The van der Waals surface area contributed by atoms with Gasteiger partial charge in [-0.3, -0.25) is 0 Å². The SMILES string of the molecule is CSC1(CNC(C)c2cccc(F)c2F)CCCC1. The van der Waals surface area contributed by atoms with Crippen molar-refractivity contribution in [3.63, 3.8) is 0 Å². The number of halogens is 2. The lowest BCUT2D eigenvalue weighted by atomic mass is 10.0. The van der Waals surface area contributed by atoms with Gasteiger partial charge in [-0.1, -0.05) is 25.0 Å². The molecule has 1 nitrogen and oxygen atoms in total. The van der Waals surface area contributed by atoms with Crippen LogP contribution in [0.25, 0.3) is 0 Å². The third-order valence-corrected chi connectivity index (χ3v) is 5.54. The first-order valence-corrected chi connectivity index (χ1v) is 8.03. The summed E-state index contributed by atoms with van der Waals surface area (Å²) >= 11 is 1.89. The standard InChI is InChI=1S/C15H21F2NS/c1-11(12-6-5-7-13(16)14(12)17)18-10-15(19-2)8-3-4-9-15/h5-7,11,18H,3-4,8-10H2,1-2H3. The van der Waals surface area contributed by atoms with Crippen LogP contribution in [0.1, 0.15) is 44.2 Å². The molecule has 1 N–H and O–H groups in total. The Kier molecular flexibility index (Phi) is 4.85. The maximum atomic E-state index is 13.7. The van der Waals surface area contributed by atoms with Gasteiger partial charge in [-0.2, -0.15) is 11.8 Å². The van der Waals surface area contributed by atoms with Crippen LogP contribution in [-0.4, -0.2) is 17.5 Å². The van der Waals surface area contributed by atoms with Crippen LogP contribution in [0.4, 0.5) is 8.78 Å². The number of thioether (sulfide) groups is 1. The Labute approximate surface area is 118 Å². The second-order valence-electron chi connectivity index (χ2n) is 5.34. The highest BCUT2D eigenvalue weighted by atomic mass is 32.2. The van der Waals surface area contributed by atoms with Crippen LogP contribution in [-0.2, 0) is 0 Å². The Bertz CT molecular complexity index is 430. The minimum atomic E-state index is -0.772. The normalized spacial score (nSPS) is 19.6. The van der Waals surface area contributed by atoms with Crippen molar-refractivity contribution in [2.45, 2.75) is 43.4 Å². The van der Waals surface area contributed by atoms with Gasteiger partial charge in [0.25, 0.3) is 0 Å². The molecule has 2 rings (SSSR count). The lowest BCUT2D eigenvalue weighted by Crippen LogP contribution is -2.36. The third-order valence-electron chi connectivity index (χ3n) is 4.13. The van der Waals surface area contributed by atoms with Crippen molar-refractivity contribution >= 4 is 11.8 Å². The molecule has 0 bridgehead atoms. The van der Waals surface area contributed by atoms with Crippen molar-refractivity contribution in [2.75, 3.05) is 12.8 Å². The van der Waals surface area contributed by atoms with Gasteiger partial charge in [0.1, 0.15) is 0 Å². The van der Waals surface area contributed by atoms with Crippen LogP contribution in [0.3, 0.4) is 0 Å². The van der Waals surface area contributed by atoms with E-state index in [-0.39, 0.29) is 10.8 Å². The molecule has 1 unspecified atom stereocenters. The van der Waals surface area contributed by atoms with Gasteiger partial charge >= 0.3 is 0 Å². The summed E-state index contributed by atoms with van der Waals surface area (Å²) in [6.07, 6.45) is 7.09. The van der Waals surface area contributed by atoms with Crippen molar-refractivity contribution < 1.29 is 8.78 Å². The monoisotopic (exact) mass is 285 g/mol. The fraction of sp³-hybridized carbons (Fsp3) is 0.600. The van der Waals surface area contributed by atoms with Crippen LogP contribution in [0.5, 0.6) is 0 Å². The third kappa shape index (κ3) is 3.29. The van der Waals surface area contributed by atoms with E-state index in [4.69, 9.17) is 0 Å². The molecule has 1 aromatic carbocycles. The van der Waals surface area contributed by atoms with E-state index in [9.17, 15) is 8.78 Å². The molecule has 0 radical (unpaired) electrons. The summed E-state index contributed by atoms with van der Waals surface area (Å²) in [5.74, 6) is -1.50. The number of rotatable bonds is 5. The maximum Gasteiger partial charge on any atom is 0.163 e. The van der Waals surface area contributed by atoms with Crippen molar-refractivity contribution in [1.29, 1.82) is 0 Å². The highest BCUT2D eigenvalue weighted by Gasteiger charge is 2.33. The van der Waals surface area contributed by atoms with Crippen LogP contribution < -0.4 is 5.32 Å². The topological polar surface area (TPSA) is 12.0 Å². The fourth-order valence-electron chi connectivity index (χ4n) is 2.78. The summed E-state index contributed by atoms with van der Waals surface area (Å²) in [4.78, 5) is 0. The van der Waals surface area contributed by atoms with Gasteiger partial charge < -0.3 is 5.32 Å². The van der Waals surface area contributed by atoms with E-state index >= 15 is 0 Å². The van der Waals surface area contributed by atoms with E-state index in [0.717, 1.165) is 12.6 Å². The van der Waals surface area contributed by atoms with Gasteiger partial charge in [-0.15, -0.1) is 0 Å². The van der Waals surface area contributed by atoms with Crippen molar-refractivity contribution in [3.05, 3.63) is 35.4 Å². The Hall–Kier alpha value is -0.610. The van der Waals surface area contributed by atoms with Gasteiger partial charge in [0.05, 0.1) is 0 Å². The van der Waals surface area contributed by atoms with Crippen LogP contribution in [0.15, 0.2) is 18.2 Å². The fourth-order valence-corrected chi connectivity index (χ4v) is 3.70. The Balaban J connectivity index is 2.01. The van der Waals surface area contributed by atoms with E-state index in [1.165, 1.54) is 25.7 Å². The predicted octanol–water partition coefficient (Wildman–Crippen LogP) is 4.29. The number of hydrogen-bond acceptors (Lipinski definition) is 2. The summed E-state index contributed by atoms with van der Waals surface area (Å²) in [6, 6.07) is 4.20. The largest absolute Gasteiger partial charge is 0.309 e. The zero-order valence-corrected chi connectivity index (χ0v) is 12.3. The number of nitrogens with one attached hydrogen (secondary N) is 1. The van der Waals surface area contributed by atoms with Gasteiger partial charge in [0.15, 0.2) is 11.6 Å². The average molecular weight is 285 g/mol. The molecule has 0 aromatic heterocycles. The van der Waals surface area contributed by atoms with E-state index in [1.54, 1.807) is 12.1 Å². The van der Waals surface area contributed by atoms with E-state index in [0.29, 0.717) is 5.56 Å². The zero-order valence-electron chi connectivity index (χ0n) is 11.5. The van der Waals surface area contributed by atoms with Crippen LogP contribution in [0.2, 0.25) is 0 Å². The molecule has 0 spiro atoms. The minimum Gasteiger partial charge on any atom is -0.309 e. The molecule has 1 saturated carbocycles. The van der Waals surface area contributed by atoms with Crippen molar-refractivity contribution in [1.82, 2.24) is 5.32 Å². The molecule has 1 fully saturated rings. The molecule has 1 atom stereocenters. The molecule has 1 aliphatic carbocycles. The van der Waals surface area contributed by atoms with Crippen molar-refractivity contribution in [3.8, 4) is 0 Å². The Morgan fingerprint density at radius 3 is 2.63 bits per heavy atom. The first-order chi connectivity index (χ1) is 9.08. The molecule has 1 aromatic rings. The summed E-state index contributed by atoms with van der Waals surface area (Å²) in [5, 5.41) is 3.37. The smallest absolute Gasteiger partial charge is 0.163 e. The highest BCUT2D eigenvalue weighted by Crippen LogP contribution is 2.40. The molecule has 0 amide bonds. The highest BCUT2D eigenvalue weighted by molar-refractivity contribution is 8.00. The summed E-state index contributed by atoms with van der Waals surface area (Å²) in [7, 11) is 0. The summed E-state index contributed by atoms with van der Waals surface area (Å²) < 4.78 is 27.2. The molecule has 4 heteroatoms. The quantitative estimate of drug-likeness (QED) is 0.866. The van der Waals surface area contributed by atoms with E-state index in [2.05, 4.69) is 11.6 Å².